The van der Waals surface area contributed by atoms with Crippen LogP contribution in [0, 0.1) is 0 Å². The van der Waals surface area contributed by atoms with E-state index in [4.69, 9.17) is 4.74 Å². The highest BCUT2D eigenvalue weighted by atomic mass is 16.5. The molecule has 2 aromatic rings. The van der Waals surface area contributed by atoms with Gasteiger partial charge in [-0.3, -0.25) is 0 Å². The Kier molecular flexibility index (Phi) is 2.41. The van der Waals surface area contributed by atoms with Gasteiger partial charge in [0.15, 0.2) is 11.5 Å². The van der Waals surface area contributed by atoms with Gasteiger partial charge in [0.25, 0.3) is 0 Å². The molecule has 1 heterocycles. The Balaban J connectivity index is 2.30. The third-order valence-corrected chi connectivity index (χ3v) is 3.15. The van der Waals surface area contributed by atoms with Gasteiger partial charge in [0.1, 0.15) is 17.2 Å². The first-order valence-electron chi connectivity index (χ1n) is 5.80. The smallest absolute Gasteiger partial charge is 0.165 e. The average Bonchev–Trinajstić information content (AvgIpc) is 2.76. The van der Waals surface area contributed by atoms with Crippen molar-refractivity contribution in [2.75, 3.05) is 6.61 Å². The molecule has 5 heteroatoms. The number of aromatic hydroxyl groups is 4. The maximum absolute atomic E-state index is 10.0. The summed E-state index contributed by atoms with van der Waals surface area (Å²) in [6.45, 7) is 0.468. The molecule has 0 saturated heterocycles. The molecular weight excluding hydrogens is 248 g/mol. The molecular formula is C14H12O5. The maximum atomic E-state index is 10.0. The summed E-state index contributed by atoms with van der Waals surface area (Å²) in [5, 5.41) is 38.8. The lowest BCUT2D eigenvalue weighted by Crippen LogP contribution is -1.88. The van der Waals surface area contributed by atoms with Crippen LogP contribution in [0.3, 0.4) is 0 Å². The molecule has 19 heavy (non-hydrogen) atoms. The number of phenols is 4. The second kappa shape index (κ2) is 3.98. The topological polar surface area (TPSA) is 90.2 Å². The summed E-state index contributed by atoms with van der Waals surface area (Å²) in [6.07, 6.45) is 0.592. The van der Waals surface area contributed by atoms with E-state index >= 15 is 0 Å². The van der Waals surface area contributed by atoms with Crippen LogP contribution >= 0.6 is 0 Å². The van der Waals surface area contributed by atoms with Gasteiger partial charge in [-0.2, -0.15) is 0 Å². The van der Waals surface area contributed by atoms with Gasteiger partial charge in [0.2, 0.25) is 0 Å². The number of benzene rings is 2. The molecule has 0 amide bonds. The number of ether oxygens (including phenoxy) is 1. The molecule has 1 aliphatic rings. The molecule has 4 N–H and O–H groups in total. The lowest BCUT2D eigenvalue weighted by Gasteiger charge is -2.12. The van der Waals surface area contributed by atoms with Crippen LogP contribution in [0.2, 0.25) is 0 Å². The van der Waals surface area contributed by atoms with E-state index < -0.39 is 0 Å². The second-order valence-corrected chi connectivity index (χ2v) is 4.43. The van der Waals surface area contributed by atoms with Gasteiger partial charge in [-0.25, -0.2) is 0 Å². The fraction of sp³-hybridized carbons (Fsp3) is 0.143. The van der Waals surface area contributed by atoms with Crippen molar-refractivity contribution in [1.82, 2.24) is 0 Å². The van der Waals surface area contributed by atoms with Crippen molar-refractivity contribution in [3.8, 4) is 39.9 Å². The van der Waals surface area contributed by atoms with Crippen molar-refractivity contribution in [2.24, 2.45) is 0 Å². The van der Waals surface area contributed by atoms with Crippen molar-refractivity contribution < 1.29 is 25.2 Å². The predicted octanol–water partition coefficient (Wildman–Crippen LogP) is 2.11. The highest BCUT2D eigenvalue weighted by Gasteiger charge is 2.24. The zero-order chi connectivity index (χ0) is 13.6. The van der Waals surface area contributed by atoms with Gasteiger partial charge in [0, 0.05) is 29.7 Å². The summed E-state index contributed by atoms with van der Waals surface area (Å²) in [4.78, 5) is 0. The molecule has 0 atom stereocenters. The van der Waals surface area contributed by atoms with Gasteiger partial charge in [-0.1, -0.05) is 0 Å². The Hall–Kier alpha value is -2.56. The molecule has 98 valence electrons. The van der Waals surface area contributed by atoms with Gasteiger partial charge >= 0.3 is 0 Å². The SMILES string of the molecule is Oc1cc(O)cc(-c2c(O)c(O)cc3c2CCO3)c1. The summed E-state index contributed by atoms with van der Waals surface area (Å²) < 4.78 is 5.36. The van der Waals surface area contributed by atoms with Crippen LogP contribution in [-0.2, 0) is 6.42 Å². The minimum absolute atomic E-state index is 0.120. The molecule has 0 saturated carbocycles. The van der Waals surface area contributed by atoms with E-state index in [9.17, 15) is 20.4 Å². The van der Waals surface area contributed by atoms with E-state index in [2.05, 4.69) is 0 Å². The van der Waals surface area contributed by atoms with Crippen molar-refractivity contribution in [1.29, 1.82) is 0 Å². The van der Waals surface area contributed by atoms with E-state index in [1.165, 1.54) is 24.3 Å². The summed E-state index contributed by atoms with van der Waals surface area (Å²) in [6, 6.07) is 5.38. The van der Waals surface area contributed by atoms with Crippen LogP contribution in [0.15, 0.2) is 24.3 Å². The monoisotopic (exact) mass is 260 g/mol. The van der Waals surface area contributed by atoms with Crippen LogP contribution in [-0.4, -0.2) is 27.0 Å². The molecule has 5 nitrogen and oxygen atoms in total. The standard InChI is InChI=1S/C14H12O5/c15-8-3-7(4-9(16)5-8)13-10-1-2-19-12(10)6-11(17)14(13)18/h3-6,15-18H,1-2H2. The molecule has 3 rings (SSSR count). The normalized spacial score (nSPS) is 13.1. The highest BCUT2D eigenvalue weighted by Crippen LogP contribution is 2.47. The summed E-state index contributed by atoms with van der Waals surface area (Å²) in [5.74, 6) is -0.309. The third-order valence-electron chi connectivity index (χ3n) is 3.15. The zero-order valence-electron chi connectivity index (χ0n) is 9.92. The number of fused-ring (bicyclic) bond motifs is 1. The molecule has 0 radical (unpaired) electrons. The number of rotatable bonds is 1. The van der Waals surface area contributed by atoms with Crippen LogP contribution in [0.5, 0.6) is 28.7 Å². The molecule has 0 bridgehead atoms. The fourth-order valence-electron chi connectivity index (χ4n) is 2.36. The van der Waals surface area contributed by atoms with Crippen LogP contribution in [0.1, 0.15) is 5.56 Å². The van der Waals surface area contributed by atoms with E-state index in [1.54, 1.807) is 0 Å². The van der Waals surface area contributed by atoms with Crippen molar-refractivity contribution in [3.63, 3.8) is 0 Å². The lowest BCUT2D eigenvalue weighted by molar-refractivity contribution is 0.352. The first-order valence-corrected chi connectivity index (χ1v) is 5.80. The van der Waals surface area contributed by atoms with Gasteiger partial charge in [0.05, 0.1) is 6.61 Å². The van der Waals surface area contributed by atoms with Crippen molar-refractivity contribution in [3.05, 3.63) is 29.8 Å². The molecule has 0 unspecified atom stereocenters. The average molecular weight is 260 g/mol. The van der Waals surface area contributed by atoms with E-state index in [-0.39, 0.29) is 23.0 Å². The van der Waals surface area contributed by atoms with E-state index in [0.717, 1.165) is 5.56 Å². The maximum Gasteiger partial charge on any atom is 0.165 e. The second-order valence-electron chi connectivity index (χ2n) is 4.43. The van der Waals surface area contributed by atoms with Gasteiger partial charge in [-0.05, 0) is 17.7 Å². The summed E-state index contributed by atoms with van der Waals surface area (Å²) in [7, 11) is 0. The van der Waals surface area contributed by atoms with E-state index in [0.29, 0.717) is 29.9 Å². The molecule has 2 aromatic carbocycles. The first-order chi connectivity index (χ1) is 9.06. The minimum Gasteiger partial charge on any atom is -0.508 e. The zero-order valence-corrected chi connectivity index (χ0v) is 9.92. The summed E-state index contributed by atoms with van der Waals surface area (Å²) >= 11 is 0. The Bertz CT molecular complexity index is 643. The quantitative estimate of drug-likeness (QED) is 0.590. The molecule has 0 spiro atoms. The minimum atomic E-state index is -0.293. The number of hydrogen-bond acceptors (Lipinski definition) is 5. The molecule has 0 fully saturated rings. The largest absolute Gasteiger partial charge is 0.508 e. The number of phenolic OH excluding ortho intramolecular Hbond substituents is 4. The van der Waals surface area contributed by atoms with Gasteiger partial charge < -0.3 is 25.2 Å². The third kappa shape index (κ3) is 1.79. The Morgan fingerprint density at radius 1 is 0.895 bits per heavy atom. The highest BCUT2D eigenvalue weighted by molar-refractivity contribution is 5.81. The molecule has 0 aromatic heterocycles. The van der Waals surface area contributed by atoms with Gasteiger partial charge in [-0.15, -0.1) is 0 Å². The number of hydrogen-bond donors (Lipinski definition) is 4. The van der Waals surface area contributed by atoms with Crippen LogP contribution < -0.4 is 4.74 Å². The van der Waals surface area contributed by atoms with Crippen LogP contribution in [0.25, 0.3) is 11.1 Å². The fourth-order valence-corrected chi connectivity index (χ4v) is 2.36. The van der Waals surface area contributed by atoms with Crippen molar-refractivity contribution >= 4 is 0 Å². The Labute approximate surface area is 109 Å². The Morgan fingerprint density at radius 2 is 1.58 bits per heavy atom. The lowest BCUT2D eigenvalue weighted by atomic mass is 9.96. The summed E-state index contributed by atoms with van der Waals surface area (Å²) in [5.41, 5.74) is 1.55. The van der Waals surface area contributed by atoms with Crippen LogP contribution in [0.4, 0.5) is 0 Å². The first kappa shape index (κ1) is 11.5. The molecule has 1 aliphatic heterocycles. The van der Waals surface area contributed by atoms with E-state index in [1.807, 2.05) is 0 Å². The molecule has 0 aliphatic carbocycles. The predicted molar refractivity (Wildman–Crippen MR) is 67.7 cm³/mol. The van der Waals surface area contributed by atoms with Crippen molar-refractivity contribution in [2.45, 2.75) is 6.42 Å². The Morgan fingerprint density at radius 3 is 2.26 bits per heavy atom.